The highest BCUT2D eigenvalue weighted by Gasteiger charge is 2.10. The summed E-state index contributed by atoms with van der Waals surface area (Å²) in [6, 6.07) is 21.2. The molecule has 154 valence electrons. The summed E-state index contributed by atoms with van der Waals surface area (Å²) in [5.41, 5.74) is 7.89. The van der Waals surface area contributed by atoms with E-state index in [1.54, 1.807) is 31.4 Å². The van der Waals surface area contributed by atoms with Gasteiger partial charge in [0.25, 0.3) is 5.91 Å². The minimum absolute atomic E-state index is 0.272. The first kappa shape index (κ1) is 20.7. The number of urea groups is 1. The van der Waals surface area contributed by atoms with E-state index in [0.717, 1.165) is 11.1 Å². The fourth-order valence-electron chi connectivity index (χ4n) is 2.84. The number of primary amides is 1. The number of ether oxygens (including phenoxy) is 2. The van der Waals surface area contributed by atoms with Gasteiger partial charge in [-0.3, -0.25) is 4.79 Å². The summed E-state index contributed by atoms with van der Waals surface area (Å²) in [6.45, 7) is 0.741. The third-order valence-electron chi connectivity index (χ3n) is 4.31. The summed E-state index contributed by atoms with van der Waals surface area (Å²) in [4.78, 5) is 23.4. The molecule has 3 aromatic rings. The zero-order valence-electron chi connectivity index (χ0n) is 16.6. The highest BCUT2D eigenvalue weighted by molar-refractivity contribution is 5.96. The highest BCUT2D eigenvalue weighted by Crippen LogP contribution is 2.29. The number of anilines is 1. The van der Waals surface area contributed by atoms with Crippen LogP contribution in [0.1, 0.15) is 21.5 Å². The molecule has 0 bridgehead atoms. The molecule has 7 heteroatoms. The molecule has 30 heavy (non-hydrogen) atoms. The Hall–Kier alpha value is -4.00. The van der Waals surface area contributed by atoms with Gasteiger partial charge in [-0.25, -0.2) is 4.79 Å². The maximum Gasteiger partial charge on any atom is 0.316 e. The third kappa shape index (κ3) is 5.75. The Kier molecular flexibility index (Phi) is 6.89. The van der Waals surface area contributed by atoms with Crippen LogP contribution in [0.3, 0.4) is 0 Å². The zero-order valence-corrected chi connectivity index (χ0v) is 16.6. The molecule has 3 amide bonds. The molecule has 0 aromatic heterocycles. The van der Waals surface area contributed by atoms with Crippen molar-refractivity contribution >= 4 is 17.6 Å². The maximum atomic E-state index is 12.4. The average molecular weight is 405 g/mol. The molecule has 0 heterocycles. The molecule has 4 N–H and O–H groups in total. The van der Waals surface area contributed by atoms with Crippen molar-refractivity contribution in [3.05, 3.63) is 89.5 Å². The van der Waals surface area contributed by atoms with Crippen LogP contribution in [0.4, 0.5) is 10.5 Å². The molecule has 0 aliphatic heterocycles. The molecule has 0 aliphatic carbocycles. The van der Waals surface area contributed by atoms with Crippen LogP contribution in [0.15, 0.2) is 72.8 Å². The second-order valence-corrected chi connectivity index (χ2v) is 6.51. The van der Waals surface area contributed by atoms with Crippen molar-refractivity contribution in [3.63, 3.8) is 0 Å². The number of rotatable bonds is 8. The van der Waals surface area contributed by atoms with Gasteiger partial charge in [0.2, 0.25) is 0 Å². The van der Waals surface area contributed by atoms with E-state index in [-0.39, 0.29) is 5.91 Å². The molecular weight excluding hydrogens is 382 g/mol. The molecule has 0 radical (unpaired) electrons. The lowest BCUT2D eigenvalue weighted by Crippen LogP contribution is -2.23. The molecule has 0 atom stereocenters. The Labute approximate surface area is 174 Å². The number of amides is 3. The number of benzene rings is 3. The van der Waals surface area contributed by atoms with Crippen molar-refractivity contribution in [2.24, 2.45) is 5.73 Å². The predicted molar refractivity (Wildman–Crippen MR) is 115 cm³/mol. The fraction of sp³-hybridized carbons (Fsp3) is 0.130. The quantitative estimate of drug-likeness (QED) is 0.532. The molecule has 0 spiro atoms. The number of nitrogens with one attached hydrogen (secondary N) is 2. The Bertz CT molecular complexity index is 1020. The van der Waals surface area contributed by atoms with Crippen LogP contribution >= 0.6 is 0 Å². The van der Waals surface area contributed by atoms with Gasteiger partial charge in [-0.2, -0.15) is 0 Å². The number of carbonyl (C=O) groups is 2. The van der Waals surface area contributed by atoms with Crippen molar-refractivity contribution in [2.75, 3.05) is 12.4 Å². The van der Waals surface area contributed by atoms with Gasteiger partial charge >= 0.3 is 6.03 Å². The molecule has 0 unspecified atom stereocenters. The highest BCUT2D eigenvalue weighted by atomic mass is 16.5. The second-order valence-electron chi connectivity index (χ2n) is 6.51. The van der Waals surface area contributed by atoms with E-state index in [2.05, 4.69) is 10.6 Å². The van der Waals surface area contributed by atoms with Gasteiger partial charge in [0.1, 0.15) is 6.61 Å². The first-order valence-corrected chi connectivity index (χ1v) is 9.33. The van der Waals surface area contributed by atoms with Crippen molar-refractivity contribution < 1.29 is 19.1 Å². The van der Waals surface area contributed by atoms with Gasteiger partial charge < -0.3 is 25.8 Å². The molecule has 0 saturated heterocycles. The Morgan fingerprint density at radius 3 is 2.43 bits per heavy atom. The standard InChI is InChI=1S/C23H23N3O4/c1-29-21-12-17(10-11-20(21)30-15-16-6-3-2-4-7-16)14-25-22(27)18-8-5-9-19(13-18)26-23(24)28/h2-13H,14-15H2,1H3,(H,25,27)(H3,24,26,28). The lowest BCUT2D eigenvalue weighted by Gasteiger charge is -2.13. The summed E-state index contributed by atoms with van der Waals surface area (Å²) in [7, 11) is 1.57. The SMILES string of the molecule is COc1cc(CNC(=O)c2cccc(NC(N)=O)c2)ccc1OCc1ccccc1. The minimum atomic E-state index is -0.686. The number of carbonyl (C=O) groups excluding carboxylic acids is 2. The normalized spacial score (nSPS) is 10.2. The number of nitrogens with two attached hydrogens (primary N) is 1. The molecule has 7 nitrogen and oxygen atoms in total. The summed E-state index contributed by atoms with van der Waals surface area (Å²) in [5.74, 6) is 0.943. The lowest BCUT2D eigenvalue weighted by atomic mass is 10.1. The van der Waals surface area contributed by atoms with Crippen LogP contribution in [0, 0.1) is 0 Å². The third-order valence-corrected chi connectivity index (χ3v) is 4.31. The van der Waals surface area contributed by atoms with E-state index in [4.69, 9.17) is 15.2 Å². The largest absolute Gasteiger partial charge is 0.493 e. The van der Waals surface area contributed by atoms with Crippen LogP contribution < -0.4 is 25.8 Å². The summed E-state index contributed by atoms with van der Waals surface area (Å²) in [6.07, 6.45) is 0. The first-order valence-electron chi connectivity index (χ1n) is 9.33. The van der Waals surface area contributed by atoms with Crippen LogP contribution in [0.5, 0.6) is 11.5 Å². The molecule has 0 aliphatic rings. The van der Waals surface area contributed by atoms with E-state index in [1.807, 2.05) is 48.5 Å². The van der Waals surface area contributed by atoms with Gasteiger partial charge in [0, 0.05) is 17.8 Å². The number of methoxy groups -OCH3 is 1. The maximum absolute atomic E-state index is 12.4. The molecule has 0 fully saturated rings. The summed E-state index contributed by atoms with van der Waals surface area (Å²) >= 11 is 0. The fourth-order valence-corrected chi connectivity index (χ4v) is 2.84. The van der Waals surface area contributed by atoms with E-state index < -0.39 is 6.03 Å². The second kappa shape index (κ2) is 9.97. The van der Waals surface area contributed by atoms with E-state index in [9.17, 15) is 9.59 Å². The van der Waals surface area contributed by atoms with E-state index in [1.165, 1.54) is 0 Å². The van der Waals surface area contributed by atoms with Gasteiger partial charge in [0.05, 0.1) is 7.11 Å². The number of hydrogen-bond acceptors (Lipinski definition) is 4. The van der Waals surface area contributed by atoms with Crippen molar-refractivity contribution in [1.82, 2.24) is 5.32 Å². The van der Waals surface area contributed by atoms with Gasteiger partial charge in [-0.15, -0.1) is 0 Å². The van der Waals surface area contributed by atoms with Gasteiger partial charge in [0.15, 0.2) is 11.5 Å². The van der Waals surface area contributed by atoms with Gasteiger partial charge in [-0.05, 0) is 41.5 Å². The summed E-state index contributed by atoms with van der Waals surface area (Å²) in [5, 5.41) is 5.29. The van der Waals surface area contributed by atoms with Crippen molar-refractivity contribution in [2.45, 2.75) is 13.2 Å². The molecule has 0 saturated carbocycles. The minimum Gasteiger partial charge on any atom is -0.493 e. The Balaban J connectivity index is 1.61. The first-order chi connectivity index (χ1) is 14.5. The van der Waals surface area contributed by atoms with Crippen LogP contribution in [0.25, 0.3) is 0 Å². The number of hydrogen-bond donors (Lipinski definition) is 3. The van der Waals surface area contributed by atoms with Crippen molar-refractivity contribution in [3.8, 4) is 11.5 Å². The topological polar surface area (TPSA) is 103 Å². The summed E-state index contributed by atoms with van der Waals surface area (Å²) < 4.78 is 11.3. The zero-order chi connectivity index (χ0) is 21.3. The Morgan fingerprint density at radius 1 is 0.900 bits per heavy atom. The monoisotopic (exact) mass is 405 g/mol. The molecular formula is C23H23N3O4. The lowest BCUT2D eigenvalue weighted by molar-refractivity contribution is 0.0951. The smallest absolute Gasteiger partial charge is 0.316 e. The van der Waals surface area contributed by atoms with Crippen LogP contribution in [0.2, 0.25) is 0 Å². The van der Waals surface area contributed by atoms with E-state index >= 15 is 0 Å². The molecule has 3 rings (SSSR count). The van der Waals surface area contributed by atoms with Crippen LogP contribution in [-0.2, 0) is 13.2 Å². The average Bonchev–Trinajstić information content (AvgIpc) is 2.76. The molecule has 3 aromatic carbocycles. The van der Waals surface area contributed by atoms with Crippen LogP contribution in [-0.4, -0.2) is 19.0 Å². The van der Waals surface area contributed by atoms with E-state index in [0.29, 0.717) is 35.9 Å². The van der Waals surface area contributed by atoms with Gasteiger partial charge in [-0.1, -0.05) is 42.5 Å². The van der Waals surface area contributed by atoms with Crippen molar-refractivity contribution in [1.29, 1.82) is 0 Å². The predicted octanol–water partition coefficient (Wildman–Crippen LogP) is 3.69. The Morgan fingerprint density at radius 2 is 1.70 bits per heavy atom.